The van der Waals surface area contributed by atoms with Crippen LogP contribution in [-0.2, 0) is 0 Å². The van der Waals surface area contributed by atoms with Gasteiger partial charge in [-0.05, 0) is 60.7 Å². The molecule has 0 aliphatic carbocycles. The Balaban J connectivity index is 1.05. The molecular weight excluding hydrogens is 538 g/mol. The Morgan fingerprint density at radius 3 is 2.42 bits per heavy atom. The molecule has 4 aromatic rings. The van der Waals surface area contributed by atoms with Gasteiger partial charge in [-0.3, -0.25) is 19.5 Å². The van der Waals surface area contributed by atoms with E-state index in [0.29, 0.717) is 22.7 Å². The van der Waals surface area contributed by atoms with Gasteiger partial charge in [0, 0.05) is 56.4 Å². The van der Waals surface area contributed by atoms with Crippen molar-refractivity contribution >= 4 is 66.7 Å². The highest BCUT2D eigenvalue weighted by Crippen LogP contribution is 2.34. The zero-order valence-corrected chi connectivity index (χ0v) is 22.2. The Labute approximate surface area is 224 Å². The van der Waals surface area contributed by atoms with Crippen LogP contribution in [0.5, 0.6) is 0 Å². The number of hydrogen-bond acceptors (Lipinski definition) is 4. The molecule has 0 saturated carbocycles. The number of imide groups is 1. The van der Waals surface area contributed by atoms with Crippen molar-refractivity contribution in [1.29, 1.82) is 0 Å². The number of carbonyl (C=O) groups is 2. The van der Waals surface area contributed by atoms with Crippen LogP contribution in [-0.4, -0.2) is 34.8 Å². The Bertz CT molecular complexity index is 1430. The molecule has 1 aromatic heterocycles. The summed E-state index contributed by atoms with van der Waals surface area (Å²) in [6, 6.07) is 17.1. The first-order valence-electron chi connectivity index (χ1n) is 12.4. The summed E-state index contributed by atoms with van der Waals surface area (Å²) in [6.45, 7) is 1.36. The van der Waals surface area contributed by atoms with Gasteiger partial charge < -0.3 is 5.32 Å². The zero-order chi connectivity index (χ0) is 25.1. The van der Waals surface area contributed by atoms with Crippen molar-refractivity contribution in [3.05, 3.63) is 81.4 Å². The number of anilines is 1. The van der Waals surface area contributed by atoms with E-state index in [1.54, 1.807) is 6.20 Å². The van der Waals surface area contributed by atoms with E-state index < -0.39 is 0 Å². The molecule has 5 nitrogen and oxygen atoms in total. The second-order valence-electron chi connectivity index (χ2n) is 9.15. The van der Waals surface area contributed by atoms with Gasteiger partial charge in [-0.25, -0.2) is 0 Å². The highest BCUT2D eigenvalue weighted by atomic mass is 79.9. The van der Waals surface area contributed by atoms with Crippen LogP contribution in [0.1, 0.15) is 59.2 Å². The molecule has 2 amide bonds. The van der Waals surface area contributed by atoms with E-state index in [0.717, 1.165) is 76.9 Å². The predicted octanol–water partition coefficient (Wildman–Crippen LogP) is 7.85. The maximum Gasteiger partial charge on any atom is 0.261 e. The molecule has 3 aromatic carbocycles. The molecule has 36 heavy (non-hydrogen) atoms. The molecule has 5 rings (SSSR count). The van der Waals surface area contributed by atoms with Gasteiger partial charge in [0.15, 0.2) is 0 Å². The first-order chi connectivity index (χ1) is 17.5. The minimum Gasteiger partial charge on any atom is -0.384 e. The molecule has 1 aliphatic rings. The van der Waals surface area contributed by atoms with Gasteiger partial charge in [0.2, 0.25) is 0 Å². The molecule has 1 aliphatic heterocycles. The third kappa shape index (κ3) is 4.97. The van der Waals surface area contributed by atoms with E-state index in [-0.39, 0.29) is 11.8 Å². The fraction of sp³-hybridized carbons (Fsp3) is 0.276. The van der Waals surface area contributed by atoms with Crippen molar-refractivity contribution in [3.63, 3.8) is 0 Å². The summed E-state index contributed by atoms with van der Waals surface area (Å²) in [6.07, 6.45) is 8.06. The first-order valence-corrected chi connectivity index (χ1v) is 13.6. The fourth-order valence-corrected chi connectivity index (χ4v) is 5.54. The Morgan fingerprint density at radius 2 is 1.58 bits per heavy atom. The van der Waals surface area contributed by atoms with Gasteiger partial charge in [-0.1, -0.05) is 65.3 Å². The first kappa shape index (κ1) is 24.7. The lowest BCUT2D eigenvalue weighted by molar-refractivity contribution is 0.0607. The molecule has 0 unspecified atom stereocenters. The molecule has 0 fully saturated rings. The number of aromatic nitrogens is 1. The highest BCUT2D eigenvalue weighted by Gasteiger charge is 2.32. The summed E-state index contributed by atoms with van der Waals surface area (Å²) >= 11 is 9.60. The van der Waals surface area contributed by atoms with Gasteiger partial charge >= 0.3 is 0 Å². The van der Waals surface area contributed by atoms with Gasteiger partial charge in [0.05, 0.1) is 5.52 Å². The van der Waals surface area contributed by atoms with Gasteiger partial charge in [-0.2, -0.15) is 0 Å². The van der Waals surface area contributed by atoms with Crippen molar-refractivity contribution in [2.24, 2.45) is 0 Å². The molecule has 2 heterocycles. The average molecular weight is 565 g/mol. The van der Waals surface area contributed by atoms with Gasteiger partial charge in [-0.15, -0.1) is 0 Å². The number of hydrogen-bond donors (Lipinski definition) is 1. The molecule has 0 saturated heterocycles. The second kappa shape index (κ2) is 11.0. The van der Waals surface area contributed by atoms with Crippen LogP contribution >= 0.6 is 27.5 Å². The van der Waals surface area contributed by atoms with E-state index in [1.807, 2.05) is 54.6 Å². The van der Waals surface area contributed by atoms with Crippen LogP contribution in [0.4, 0.5) is 5.69 Å². The quantitative estimate of drug-likeness (QED) is 0.157. The average Bonchev–Trinajstić information content (AvgIpc) is 2.88. The standard InChI is InChI=1S/C29H27BrClN3O2/c30-24-13-12-23-27-20(24)8-7-9-22(27)28(35)34(29(23)36)17-6-4-2-1-3-5-15-32-25-14-16-33-26-18-19(31)10-11-21(25)26/h7-14,16,18H,1-6,15,17H2,(H,32,33). The summed E-state index contributed by atoms with van der Waals surface area (Å²) in [5, 5.41) is 6.95. The van der Waals surface area contributed by atoms with Crippen LogP contribution in [0.15, 0.2) is 65.3 Å². The van der Waals surface area contributed by atoms with Crippen LogP contribution in [0.2, 0.25) is 5.02 Å². The van der Waals surface area contributed by atoms with Gasteiger partial charge in [0.1, 0.15) is 0 Å². The zero-order valence-electron chi connectivity index (χ0n) is 19.9. The monoisotopic (exact) mass is 563 g/mol. The number of nitrogens with one attached hydrogen (secondary N) is 1. The highest BCUT2D eigenvalue weighted by molar-refractivity contribution is 9.10. The van der Waals surface area contributed by atoms with Crippen molar-refractivity contribution in [2.45, 2.75) is 38.5 Å². The maximum atomic E-state index is 13.1. The molecule has 0 radical (unpaired) electrons. The number of unbranched alkanes of at least 4 members (excludes halogenated alkanes) is 5. The molecule has 0 atom stereocenters. The SMILES string of the molecule is O=C1c2cccc3c(Br)ccc(c23)C(=O)N1CCCCCCCCNc1ccnc2cc(Cl)ccc12. The van der Waals surface area contributed by atoms with Crippen molar-refractivity contribution in [1.82, 2.24) is 9.88 Å². The lowest BCUT2D eigenvalue weighted by Gasteiger charge is -2.27. The third-order valence-electron chi connectivity index (χ3n) is 6.77. The Kier molecular flexibility index (Phi) is 7.54. The minimum absolute atomic E-state index is 0.187. The summed E-state index contributed by atoms with van der Waals surface area (Å²) in [5.74, 6) is -0.374. The number of carbonyl (C=O) groups excluding carboxylic acids is 2. The molecule has 0 bridgehead atoms. The number of pyridine rings is 1. The van der Waals surface area contributed by atoms with Crippen LogP contribution < -0.4 is 5.32 Å². The van der Waals surface area contributed by atoms with Crippen LogP contribution in [0.25, 0.3) is 21.7 Å². The molecule has 7 heteroatoms. The Hall–Kier alpha value is -2.96. The molecular formula is C29H27BrClN3O2. The lowest BCUT2D eigenvalue weighted by Crippen LogP contribution is -2.40. The molecule has 184 valence electrons. The van der Waals surface area contributed by atoms with Crippen molar-refractivity contribution < 1.29 is 9.59 Å². The van der Waals surface area contributed by atoms with E-state index in [4.69, 9.17) is 11.6 Å². The van der Waals surface area contributed by atoms with Gasteiger partial charge in [0.25, 0.3) is 11.8 Å². The van der Waals surface area contributed by atoms with E-state index in [2.05, 4.69) is 26.2 Å². The number of halogens is 2. The van der Waals surface area contributed by atoms with E-state index >= 15 is 0 Å². The van der Waals surface area contributed by atoms with E-state index in [1.165, 1.54) is 4.90 Å². The maximum absolute atomic E-state index is 13.1. The fourth-order valence-electron chi connectivity index (χ4n) is 4.91. The molecule has 0 spiro atoms. The number of rotatable bonds is 10. The number of nitrogens with zero attached hydrogens (tertiary/aromatic N) is 2. The summed E-state index contributed by atoms with van der Waals surface area (Å²) in [4.78, 5) is 31.9. The number of amides is 2. The molecule has 1 N–H and O–H groups in total. The second-order valence-corrected chi connectivity index (χ2v) is 10.4. The smallest absolute Gasteiger partial charge is 0.261 e. The van der Waals surface area contributed by atoms with Crippen molar-refractivity contribution in [2.75, 3.05) is 18.4 Å². The van der Waals surface area contributed by atoms with E-state index in [9.17, 15) is 9.59 Å². The number of benzene rings is 3. The third-order valence-corrected chi connectivity index (χ3v) is 7.69. The minimum atomic E-state index is -0.187. The number of fused-ring (bicyclic) bond motifs is 1. The predicted molar refractivity (Wildman–Crippen MR) is 150 cm³/mol. The summed E-state index contributed by atoms with van der Waals surface area (Å²) in [5.41, 5.74) is 3.20. The summed E-state index contributed by atoms with van der Waals surface area (Å²) in [7, 11) is 0. The topological polar surface area (TPSA) is 62.3 Å². The largest absolute Gasteiger partial charge is 0.384 e. The van der Waals surface area contributed by atoms with Crippen molar-refractivity contribution in [3.8, 4) is 0 Å². The summed E-state index contributed by atoms with van der Waals surface area (Å²) < 4.78 is 0.895. The Morgan fingerprint density at radius 1 is 0.833 bits per heavy atom. The normalized spacial score (nSPS) is 13.1. The van der Waals surface area contributed by atoms with Crippen LogP contribution in [0, 0.1) is 0 Å². The lowest BCUT2D eigenvalue weighted by atomic mass is 9.94. The van der Waals surface area contributed by atoms with Crippen LogP contribution in [0.3, 0.4) is 0 Å².